The van der Waals surface area contributed by atoms with E-state index >= 15 is 0 Å². The van der Waals surface area contributed by atoms with E-state index in [9.17, 15) is 4.79 Å². The Morgan fingerprint density at radius 1 is 1.29 bits per heavy atom. The number of para-hydroxylation sites is 1. The first-order valence-electron chi connectivity index (χ1n) is 5.45. The van der Waals surface area contributed by atoms with Crippen LogP contribution in [0.5, 0.6) is 5.75 Å². The van der Waals surface area contributed by atoms with Gasteiger partial charge in [-0.05, 0) is 25.5 Å². The van der Waals surface area contributed by atoms with Gasteiger partial charge in [0, 0.05) is 18.2 Å². The molecule has 0 radical (unpaired) electrons. The van der Waals surface area contributed by atoms with Crippen molar-refractivity contribution in [2.45, 2.75) is 13.8 Å². The first-order chi connectivity index (χ1) is 8.06. The second-order valence-electron chi connectivity index (χ2n) is 4.13. The van der Waals surface area contributed by atoms with E-state index in [1.165, 1.54) is 4.68 Å². The van der Waals surface area contributed by atoms with Gasteiger partial charge in [0.1, 0.15) is 5.75 Å². The molecule has 2 rings (SSSR count). The van der Waals surface area contributed by atoms with Gasteiger partial charge in [-0.15, -0.1) is 0 Å². The first kappa shape index (κ1) is 11.5. The van der Waals surface area contributed by atoms with Gasteiger partial charge in [-0.25, -0.2) is 0 Å². The second kappa shape index (κ2) is 4.13. The zero-order valence-electron chi connectivity index (χ0n) is 10.5. The van der Waals surface area contributed by atoms with E-state index in [0.29, 0.717) is 5.56 Å². The van der Waals surface area contributed by atoms with Crippen LogP contribution in [0.25, 0.3) is 11.3 Å². The lowest BCUT2D eigenvalue weighted by Gasteiger charge is -2.10. The average molecular weight is 232 g/mol. The van der Waals surface area contributed by atoms with Crippen molar-refractivity contribution < 1.29 is 4.74 Å². The lowest BCUT2D eigenvalue weighted by molar-refractivity contribution is 0.413. The van der Waals surface area contributed by atoms with Crippen molar-refractivity contribution in [1.29, 1.82) is 0 Å². The number of hydrogen-bond acceptors (Lipinski definition) is 2. The average Bonchev–Trinajstić information content (AvgIpc) is 2.56. The van der Waals surface area contributed by atoms with Gasteiger partial charge < -0.3 is 4.74 Å². The molecule has 0 spiro atoms. The third-order valence-electron chi connectivity index (χ3n) is 2.97. The maximum atomic E-state index is 11.7. The first-order valence-corrected chi connectivity index (χ1v) is 5.45. The normalized spacial score (nSPS) is 10.6. The van der Waals surface area contributed by atoms with Gasteiger partial charge in [0.15, 0.2) is 0 Å². The topological polar surface area (TPSA) is 47.0 Å². The number of hydrogen-bond donors (Lipinski definition) is 1. The molecule has 0 amide bonds. The number of aryl methyl sites for hydroxylation is 2. The molecule has 0 bridgehead atoms. The summed E-state index contributed by atoms with van der Waals surface area (Å²) in [5.41, 5.74) is 3.48. The Morgan fingerprint density at radius 2 is 2.00 bits per heavy atom. The number of ether oxygens (including phenoxy) is 1. The van der Waals surface area contributed by atoms with Crippen molar-refractivity contribution in [3.05, 3.63) is 39.7 Å². The summed E-state index contributed by atoms with van der Waals surface area (Å²) in [5.74, 6) is 0.803. The van der Waals surface area contributed by atoms with Crippen molar-refractivity contribution in [3.8, 4) is 17.0 Å². The number of aromatic nitrogens is 2. The number of rotatable bonds is 2. The molecule has 0 saturated heterocycles. The van der Waals surface area contributed by atoms with Crippen LogP contribution in [0.4, 0.5) is 0 Å². The number of aromatic amines is 1. The highest BCUT2D eigenvalue weighted by Gasteiger charge is 2.14. The number of nitrogens with zero attached hydrogens (tertiary/aromatic N) is 1. The molecule has 0 saturated carbocycles. The third kappa shape index (κ3) is 1.75. The molecule has 4 heteroatoms. The molecular weight excluding hydrogens is 216 g/mol. The summed E-state index contributed by atoms with van der Waals surface area (Å²) in [6.07, 6.45) is 0. The Hall–Kier alpha value is -1.97. The number of H-pyrrole nitrogens is 1. The molecule has 0 atom stereocenters. The van der Waals surface area contributed by atoms with Gasteiger partial charge >= 0.3 is 0 Å². The molecule has 1 aromatic heterocycles. The standard InChI is InChI=1S/C13H16N2O2/c1-8-6-5-7-10(12(8)17-4)11-9(2)13(16)15(3)14-11/h5-7,14H,1-4H3. The minimum absolute atomic E-state index is 0.0106. The molecule has 0 aliphatic heterocycles. The van der Waals surface area contributed by atoms with E-state index in [0.717, 1.165) is 22.6 Å². The van der Waals surface area contributed by atoms with Crippen molar-refractivity contribution in [3.63, 3.8) is 0 Å². The van der Waals surface area contributed by atoms with Crippen LogP contribution < -0.4 is 10.3 Å². The van der Waals surface area contributed by atoms with Crippen LogP contribution in [0.15, 0.2) is 23.0 Å². The fourth-order valence-electron chi connectivity index (χ4n) is 2.04. The summed E-state index contributed by atoms with van der Waals surface area (Å²) in [7, 11) is 3.35. The van der Waals surface area contributed by atoms with Crippen LogP contribution in [-0.4, -0.2) is 16.9 Å². The van der Waals surface area contributed by atoms with E-state index in [1.807, 2.05) is 32.0 Å². The molecule has 0 unspecified atom stereocenters. The Bertz CT molecular complexity index is 608. The van der Waals surface area contributed by atoms with Gasteiger partial charge in [0.25, 0.3) is 5.56 Å². The van der Waals surface area contributed by atoms with Crippen molar-refractivity contribution >= 4 is 0 Å². The smallest absolute Gasteiger partial charge is 0.269 e. The maximum Gasteiger partial charge on any atom is 0.269 e. The quantitative estimate of drug-likeness (QED) is 0.861. The Balaban J connectivity index is 2.73. The van der Waals surface area contributed by atoms with E-state index in [1.54, 1.807) is 14.2 Å². The Labute approximate surface area is 99.8 Å². The molecule has 1 aromatic carbocycles. The highest BCUT2D eigenvalue weighted by Crippen LogP contribution is 2.32. The highest BCUT2D eigenvalue weighted by atomic mass is 16.5. The van der Waals surface area contributed by atoms with Crippen LogP contribution in [0, 0.1) is 13.8 Å². The fraction of sp³-hybridized carbons (Fsp3) is 0.308. The van der Waals surface area contributed by atoms with Gasteiger partial charge in [-0.1, -0.05) is 12.1 Å². The maximum absolute atomic E-state index is 11.7. The zero-order valence-corrected chi connectivity index (χ0v) is 10.5. The molecule has 0 fully saturated rings. The third-order valence-corrected chi connectivity index (χ3v) is 2.97. The summed E-state index contributed by atoms with van der Waals surface area (Å²) in [4.78, 5) is 11.7. The summed E-state index contributed by atoms with van der Waals surface area (Å²) < 4.78 is 6.88. The molecule has 0 aliphatic rings. The van der Waals surface area contributed by atoms with Gasteiger partial charge in [-0.3, -0.25) is 14.6 Å². The van der Waals surface area contributed by atoms with Gasteiger partial charge in [-0.2, -0.15) is 0 Å². The summed E-state index contributed by atoms with van der Waals surface area (Å²) in [5, 5.41) is 3.06. The van der Waals surface area contributed by atoms with Gasteiger partial charge in [0.05, 0.1) is 12.8 Å². The fourth-order valence-corrected chi connectivity index (χ4v) is 2.04. The predicted molar refractivity (Wildman–Crippen MR) is 67.5 cm³/mol. The van der Waals surface area contributed by atoms with E-state index in [4.69, 9.17) is 4.74 Å². The molecule has 90 valence electrons. The second-order valence-corrected chi connectivity index (χ2v) is 4.13. The molecular formula is C13H16N2O2. The summed E-state index contributed by atoms with van der Waals surface area (Å²) >= 11 is 0. The van der Waals surface area contributed by atoms with Crippen LogP contribution in [0.1, 0.15) is 11.1 Å². The predicted octanol–water partition coefficient (Wildman–Crippen LogP) is 2.01. The minimum Gasteiger partial charge on any atom is -0.496 e. The van der Waals surface area contributed by atoms with Crippen LogP contribution >= 0.6 is 0 Å². The van der Waals surface area contributed by atoms with E-state index in [2.05, 4.69) is 5.10 Å². The number of benzene rings is 1. The van der Waals surface area contributed by atoms with Crippen molar-refractivity contribution in [1.82, 2.24) is 9.78 Å². The summed E-state index contributed by atoms with van der Waals surface area (Å²) in [6.45, 7) is 3.80. The molecule has 1 N–H and O–H groups in total. The van der Waals surface area contributed by atoms with Crippen LogP contribution in [0.3, 0.4) is 0 Å². The molecule has 2 aromatic rings. The van der Waals surface area contributed by atoms with Crippen LogP contribution in [0.2, 0.25) is 0 Å². The van der Waals surface area contributed by atoms with Crippen LogP contribution in [-0.2, 0) is 7.05 Å². The minimum atomic E-state index is -0.0106. The monoisotopic (exact) mass is 232 g/mol. The van der Waals surface area contributed by atoms with E-state index in [-0.39, 0.29) is 5.56 Å². The lowest BCUT2D eigenvalue weighted by Crippen LogP contribution is -2.12. The van der Waals surface area contributed by atoms with E-state index < -0.39 is 0 Å². The van der Waals surface area contributed by atoms with Crippen molar-refractivity contribution in [2.75, 3.05) is 7.11 Å². The zero-order chi connectivity index (χ0) is 12.6. The van der Waals surface area contributed by atoms with Crippen molar-refractivity contribution in [2.24, 2.45) is 7.05 Å². The lowest BCUT2D eigenvalue weighted by atomic mass is 10.0. The Morgan fingerprint density at radius 3 is 2.53 bits per heavy atom. The van der Waals surface area contributed by atoms with Gasteiger partial charge in [0.2, 0.25) is 0 Å². The molecule has 4 nitrogen and oxygen atoms in total. The summed E-state index contributed by atoms with van der Waals surface area (Å²) in [6, 6.07) is 5.89. The molecule has 0 aliphatic carbocycles. The largest absolute Gasteiger partial charge is 0.496 e. The number of nitrogens with one attached hydrogen (secondary N) is 1. The number of methoxy groups -OCH3 is 1. The SMILES string of the molecule is COc1c(C)cccc1-c1[nH]n(C)c(=O)c1C. The molecule has 1 heterocycles. The highest BCUT2D eigenvalue weighted by molar-refractivity contribution is 5.71. The molecule has 17 heavy (non-hydrogen) atoms. The Kier molecular flexibility index (Phi) is 2.79.